The van der Waals surface area contributed by atoms with Crippen LogP contribution in [0.4, 0.5) is 0 Å². The fraction of sp³-hybridized carbons (Fsp3) is 0.417. The van der Waals surface area contributed by atoms with Gasteiger partial charge >= 0.3 is 0 Å². The zero-order valence-electron chi connectivity index (χ0n) is 9.83. The Morgan fingerprint density at radius 1 is 1.33 bits per heavy atom. The van der Waals surface area contributed by atoms with Crippen molar-refractivity contribution in [1.29, 1.82) is 5.26 Å². The summed E-state index contributed by atoms with van der Waals surface area (Å²) in [6, 6.07) is 8.43. The molecule has 1 aliphatic carbocycles. The number of sulfonamides is 1. The van der Waals surface area contributed by atoms with Crippen molar-refractivity contribution < 1.29 is 8.42 Å². The van der Waals surface area contributed by atoms with Crippen molar-refractivity contribution in [1.82, 2.24) is 4.72 Å². The van der Waals surface area contributed by atoms with Gasteiger partial charge in [-0.2, -0.15) is 5.26 Å². The van der Waals surface area contributed by atoms with E-state index in [-0.39, 0.29) is 23.4 Å². The molecule has 0 unspecified atom stereocenters. The van der Waals surface area contributed by atoms with Crippen molar-refractivity contribution >= 4 is 10.0 Å². The first-order valence-electron chi connectivity index (χ1n) is 5.75. The SMILES string of the molecule is N#CCc1ccc(S(=O)(=O)NC2CC(N)C2)cc1. The first-order chi connectivity index (χ1) is 8.51. The Morgan fingerprint density at radius 3 is 2.44 bits per heavy atom. The maximum Gasteiger partial charge on any atom is 0.240 e. The van der Waals surface area contributed by atoms with Gasteiger partial charge in [-0.25, -0.2) is 13.1 Å². The van der Waals surface area contributed by atoms with Crippen molar-refractivity contribution in [2.24, 2.45) is 5.73 Å². The number of nitrogens with one attached hydrogen (secondary N) is 1. The quantitative estimate of drug-likeness (QED) is 0.829. The largest absolute Gasteiger partial charge is 0.328 e. The lowest BCUT2D eigenvalue weighted by Gasteiger charge is -2.32. The molecule has 1 aromatic carbocycles. The van der Waals surface area contributed by atoms with E-state index in [0.717, 1.165) is 5.56 Å². The summed E-state index contributed by atoms with van der Waals surface area (Å²) >= 11 is 0. The molecule has 1 saturated carbocycles. The highest BCUT2D eigenvalue weighted by Gasteiger charge is 2.30. The van der Waals surface area contributed by atoms with Crippen LogP contribution in [0, 0.1) is 11.3 Å². The molecule has 0 aliphatic heterocycles. The summed E-state index contributed by atoms with van der Waals surface area (Å²) in [5.41, 5.74) is 6.42. The second-order valence-corrected chi connectivity index (χ2v) is 6.24. The maximum atomic E-state index is 12.0. The summed E-state index contributed by atoms with van der Waals surface area (Å²) in [6.45, 7) is 0. The Morgan fingerprint density at radius 2 is 1.94 bits per heavy atom. The number of nitrogens with zero attached hydrogens (tertiary/aromatic N) is 1. The van der Waals surface area contributed by atoms with Gasteiger partial charge in [-0.05, 0) is 30.5 Å². The van der Waals surface area contributed by atoms with Crippen LogP contribution < -0.4 is 10.5 Å². The van der Waals surface area contributed by atoms with Gasteiger partial charge in [-0.15, -0.1) is 0 Å². The molecule has 0 heterocycles. The second kappa shape index (κ2) is 5.06. The molecule has 6 heteroatoms. The van der Waals surface area contributed by atoms with Crippen molar-refractivity contribution in [2.75, 3.05) is 0 Å². The minimum absolute atomic E-state index is 0.0521. The van der Waals surface area contributed by atoms with Crippen molar-refractivity contribution in [3.8, 4) is 6.07 Å². The molecule has 1 fully saturated rings. The van der Waals surface area contributed by atoms with E-state index in [1.165, 1.54) is 12.1 Å². The third-order valence-corrected chi connectivity index (χ3v) is 4.55. The van der Waals surface area contributed by atoms with E-state index in [1.54, 1.807) is 12.1 Å². The Hall–Kier alpha value is -1.42. The lowest BCUT2D eigenvalue weighted by atomic mass is 9.89. The molecule has 2 rings (SSSR count). The minimum atomic E-state index is -3.46. The number of hydrogen-bond acceptors (Lipinski definition) is 4. The van der Waals surface area contributed by atoms with Gasteiger partial charge in [-0.1, -0.05) is 12.1 Å². The van der Waals surface area contributed by atoms with Crippen LogP contribution in [-0.4, -0.2) is 20.5 Å². The molecule has 0 saturated heterocycles. The van der Waals surface area contributed by atoms with Crippen LogP contribution in [0.15, 0.2) is 29.2 Å². The normalized spacial score (nSPS) is 23.1. The highest BCUT2D eigenvalue weighted by atomic mass is 32.2. The monoisotopic (exact) mass is 265 g/mol. The lowest BCUT2D eigenvalue weighted by molar-refractivity contribution is 0.327. The molecule has 0 atom stereocenters. The summed E-state index contributed by atoms with van der Waals surface area (Å²) in [5.74, 6) is 0. The van der Waals surface area contributed by atoms with E-state index in [4.69, 9.17) is 11.0 Å². The molecule has 0 spiro atoms. The van der Waals surface area contributed by atoms with Crippen molar-refractivity contribution in [3.63, 3.8) is 0 Å². The van der Waals surface area contributed by atoms with Crippen molar-refractivity contribution in [2.45, 2.75) is 36.2 Å². The number of nitrogens with two attached hydrogens (primary N) is 1. The number of benzene rings is 1. The molecule has 0 radical (unpaired) electrons. The molecule has 0 aromatic heterocycles. The highest BCUT2D eigenvalue weighted by Crippen LogP contribution is 2.20. The van der Waals surface area contributed by atoms with Crippen LogP contribution in [-0.2, 0) is 16.4 Å². The predicted molar refractivity (Wildman–Crippen MR) is 67.1 cm³/mol. The topological polar surface area (TPSA) is 96.0 Å². The highest BCUT2D eigenvalue weighted by molar-refractivity contribution is 7.89. The lowest BCUT2D eigenvalue weighted by Crippen LogP contribution is -2.50. The van der Waals surface area contributed by atoms with Crippen molar-refractivity contribution in [3.05, 3.63) is 29.8 Å². The van der Waals surface area contributed by atoms with Gasteiger partial charge in [-0.3, -0.25) is 0 Å². The Labute approximate surface area is 107 Å². The van der Waals surface area contributed by atoms with Gasteiger partial charge in [0.2, 0.25) is 10.0 Å². The zero-order chi connectivity index (χ0) is 13.2. The Balaban J connectivity index is 2.07. The van der Waals surface area contributed by atoms with E-state index in [1.807, 2.05) is 6.07 Å². The van der Waals surface area contributed by atoms with E-state index < -0.39 is 10.0 Å². The average molecular weight is 265 g/mol. The van der Waals surface area contributed by atoms with Crippen LogP contribution in [0.2, 0.25) is 0 Å². The van der Waals surface area contributed by atoms with Gasteiger partial charge in [0.1, 0.15) is 0 Å². The molecule has 0 amide bonds. The predicted octanol–water partition coefficient (Wildman–Crippen LogP) is 0.521. The van der Waals surface area contributed by atoms with Gasteiger partial charge in [0.05, 0.1) is 17.4 Å². The summed E-state index contributed by atoms with van der Waals surface area (Å²) < 4.78 is 26.6. The number of rotatable bonds is 4. The third kappa shape index (κ3) is 2.88. The molecular formula is C12H15N3O2S. The van der Waals surface area contributed by atoms with E-state index in [9.17, 15) is 8.42 Å². The third-order valence-electron chi connectivity index (χ3n) is 3.01. The van der Waals surface area contributed by atoms with Crippen LogP contribution >= 0.6 is 0 Å². The number of nitriles is 1. The molecule has 1 aromatic rings. The van der Waals surface area contributed by atoms with Gasteiger partial charge in [0.15, 0.2) is 0 Å². The van der Waals surface area contributed by atoms with E-state index >= 15 is 0 Å². The molecule has 5 nitrogen and oxygen atoms in total. The first-order valence-corrected chi connectivity index (χ1v) is 7.23. The van der Waals surface area contributed by atoms with Crippen LogP contribution in [0.5, 0.6) is 0 Å². The molecule has 18 heavy (non-hydrogen) atoms. The summed E-state index contributed by atoms with van der Waals surface area (Å²) in [7, 11) is -3.46. The summed E-state index contributed by atoms with van der Waals surface area (Å²) in [4.78, 5) is 0.227. The Kier molecular flexibility index (Phi) is 3.66. The standard InChI is InChI=1S/C12H15N3O2S/c13-6-5-9-1-3-12(4-2-9)18(16,17)15-11-7-10(14)8-11/h1-4,10-11,15H,5,7-8,14H2. The van der Waals surface area contributed by atoms with Crippen LogP contribution in [0.1, 0.15) is 18.4 Å². The van der Waals surface area contributed by atoms with Crippen LogP contribution in [0.3, 0.4) is 0 Å². The molecule has 96 valence electrons. The maximum absolute atomic E-state index is 12.0. The van der Waals surface area contributed by atoms with Crippen LogP contribution in [0.25, 0.3) is 0 Å². The van der Waals surface area contributed by atoms with E-state index in [0.29, 0.717) is 12.8 Å². The molecule has 3 N–H and O–H groups in total. The molecular weight excluding hydrogens is 250 g/mol. The first kappa shape index (κ1) is 13.0. The van der Waals surface area contributed by atoms with Gasteiger partial charge in [0, 0.05) is 12.1 Å². The summed E-state index contributed by atoms with van der Waals surface area (Å²) in [5, 5.41) is 8.54. The smallest absolute Gasteiger partial charge is 0.240 e. The average Bonchev–Trinajstić information content (AvgIpc) is 2.28. The van der Waals surface area contributed by atoms with E-state index in [2.05, 4.69) is 4.72 Å². The number of hydrogen-bond donors (Lipinski definition) is 2. The fourth-order valence-electron chi connectivity index (χ4n) is 1.92. The zero-order valence-corrected chi connectivity index (χ0v) is 10.7. The Bertz CT molecular complexity index is 554. The minimum Gasteiger partial charge on any atom is -0.328 e. The second-order valence-electron chi connectivity index (χ2n) is 4.53. The molecule has 0 bridgehead atoms. The summed E-state index contributed by atoms with van der Waals surface area (Å²) in [6.07, 6.45) is 1.66. The van der Waals surface area contributed by atoms with Gasteiger partial charge in [0.25, 0.3) is 0 Å². The van der Waals surface area contributed by atoms with Gasteiger partial charge < -0.3 is 5.73 Å². The molecule has 1 aliphatic rings. The fourth-order valence-corrected chi connectivity index (χ4v) is 3.19.